The third-order valence-corrected chi connectivity index (χ3v) is 1.37. The van der Waals surface area contributed by atoms with Gasteiger partial charge in [-0.05, 0) is 24.6 Å². The van der Waals surface area contributed by atoms with Crippen LogP contribution in [0.3, 0.4) is 0 Å². The minimum Gasteiger partial charge on any atom is -0.366 e. The summed E-state index contributed by atoms with van der Waals surface area (Å²) in [5, 5.41) is 0. The smallest absolute Gasteiger partial charge is 0.241 e. The third-order valence-electron chi connectivity index (χ3n) is 1.37. The van der Waals surface area contributed by atoms with Gasteiger partial charge in [-0.2, -0.15) is 0 Å². The van der Waals surface area contributed by atoms with Crippen LogP contribution in [-0.4, -0.2) is 10.9 Å². The third kappa shape index (κ3) is 2.54. The Morgan fingerprint density at radius 3 is 2.83 bits per heavy atom. The number of amides is 1. The van der Waals surface area contributed by atoms with E-state index in [2.05, 4.69) is 4.98 Å². The summed E-state index contributed by atoms with van der Waals surface area (Å²) in [6, 6.07) is 3.75. The van der Waals surface area contributed by atoms with Gasteiger partial charge in [0.15, 0.2) is 0 Å². The summed E-state index contributed by atoms with van der Waals surface area (Å²) in [6.07, 6.45) is 4.63. The van der Waals surface area contributed by atoms with Crippen LogP contribution in [0.15, 0.2) is 24.4 Å². The molecule has 0 fully saturated rings. The number of aromatic nitrogens is 1. The average molecular weight is 162 g/mol. The van der Waals surface area contributed by atoms with Crippen LogP contribution in [-0.2, 0) is 4.79 Å². The Kier molecular flexibility index (Phi) is 2.58. The van der Waals surface area contributed by atoms with Crippen molar-refractivity contribution in [1.29, 1.82) is 0 Å². The number of hydrogen-bond acceptors (Lipinski definition) is 2. The van der Waals surface area contributed by atoms with Gasteiger partial charge in [0.25, 0.3) is 0 Å². The van der Waals surface area contributed by atoms with E-state index in [4.69, 9.17) is 5.73 Å². The lowest BCUT2D eigenvalue weighted by Crippen LogP contribution is -2.05. The van der Waals surface area contributed by atoms with E-state index in [-0.39, 0.29) is 0 Å². The van der Waals surface area contributed by atoms with Crippen molar-refractivity contribution in [2.24, 2.45) is 5.73 Å². The molecule has 0 aliphatic carbocycles. The van der Waals surface area contributed by atoms with Crippen LogP contribution < -0.4 is 5.73 Å². The predicted molar refractivity (Wildman–Crippen MR) is 47.2 cm³/mol. The molecular formula is C9H10N2O. The van der Waals surface area contributed by atoms with E-state index in [0.29, 0.717) is 0 Å². The molecule has 62 valence electrons. The van der Waals surface area contributed by atoms with Crippen LogP contribution >= 0.6 is 0 Å². The Hall–Kier alpha value is -1.64. The number of aryl methyl sites for hydroxylation is 1. The van der Waals surface area contributed by atoms with Gasteiger partial charge in [-0.1, -0.05) is 6.07 Å². The summed E-state index contributed by atoms with van der Waals surface area (Å²) in [4.78, 5) is 14.4. The molecule has 0 aromatic carbocycles. The van der Waals surface area contributed by atoms with E-state index in [1.165, 1.54) is 6.08 Å². The van der Waals surface area contributed by atoms with E-state index < -0.39 is 5.91 Å². The number of nitrogens with zero attached hydrogens (tertiary/aromatic N) is 1. The number of carbonyl (C=O) groups is 1. The van der Waals surface area contributed by atoms with E-state index >= 15 is 0 Å². The van der Waals surface area contributed by atoms with Gasteiger partial charge >= 0.3 is 0 Å². The summed E-state index contributed by atoms with van der Waals surface area (Å²) in [5.41, 5.74) is 6.75. The number of carbonyl (C=O) groups excluding carboxylic acids is 1. The molecule has 0 atom stereocenters. The molecule has 0 saturated carbocycles. The average Bonchev–Trinajstić information content (AvgIpc) is 2.03. The summed E-state index contributed by atoms with van der Waals surface area (Å²) >= 11 is 0. The van der Waals surface area contributed by atoms with Gasteiger partial charge in [-0.25, -0.2) is 0 Å². The zero-order valence-corrected chi connectivity index (χ0v) is 6.82. The molecule has 0 bridgehead atoms. The molecular weight excluding hydrogens is 152 g/mol. The fourth-order valence-corrected chi connectivity index (χ4v) is 0.756. The molecule has 0 spiro atoms. The summed E-state index contributed by atoms with van der Waals surface area (Å²) in [7, 11) is 0. The molecule has 1 heterocycles. The molecule has 0 unspecified atom stereocenters. The molecule has 1 aromatic heterocycles. The second-order valence-corrected chi connectivity index (χ2v) is 2.47. The molecule has 0 saturated heterocycles. The Labute approximate surface area is 70.9 Å². The van der Waals surface area contributed by atoms with Gasteiger partial charge < -0.3 is 5.73 Å². The van der Waals surface area contributed by atoms with Crippen molar-refractivity contribution in [2.75, 3.05) is 0 Å². The van der Waals surface area contributed by atoms with Crippen molar-refractivity contribution in [3.8, 4) is 0 Å². The first-order chi connectivity index (χ1) is 5.68. The zero-order chi connectivity index (χ0) is 8.97. The number of primary amides is 1. The first kappa shape index (κ1) is 8.46. The largest absolute Gasteiger partial charge is 0.366 e. The second-order valence-electron chi connectivity index (χ2n) is 2.47. The monoisotopic (exact) mass is 162 g/mol. The van der Waals surface area contributed by atoms with Crippen molar-refractivity contribution in [3.05, 3.63) is 35.7 Å². The maximum Gasteiger partial charge on any atom is 0.241 e. The fraction of sp³-hybridized carbons (Fsp3) is 0.111. The van der Waals surface area contributed by atoms with Crippen LogP contribution in [0.25, 0.3) is 6.08 Å². The quantitative estimate of drug-likeness (QED) is 0.656. The standard InChI is InChI=1S/C9H10N2O/c1-7-2-3-8(6-11-7)4-5-9(10)12/h2-6H,1H3,(H2,10,12). The molecule has 2 N–H and O–H groups in total. The fourth-order valence-electron chi connectivity index (χ4n) is 0.756. The Morgan fingerprint density at radius 1 is 1.58 bits per heavy atom. The molecule has 1 aromatic rings. The van der Waals surface area contributed by atoms with Crippen LogP contribution in [0.5, 0.6) is 0 Å². The highest BCUT2D eigenvalue weighted by molar-refractivity contribution is 5.90. The normalized spacial score (nSPS) is 10.4. The Morgan fingerprint density at radius 2 is 2.33 bits per heavy atom. The van der Waals surface area contributed by atoms with Gasteiger partial charge in [0.1, 0.15) is 0 Å². The van der Waals surface area contributed by atoms with Gasteiger partial charge in [0.05, 0.1) is 0 Å². The van der Waals surface area contributed by atoms with Crippen molar-refractivity contribution < 1.29 is 4.79 Å². The Balaban J connectivity index is 2.77. The van der Waals surface area contributed by atoms with E-state index in [1.807, 2.05) is 19.1 Å². The van der Waals surface area contributed by atoms with Gasteiger partial charge in [0.2, 0.25) is 5.91 Å². The number of nitrogens with two attached hydrogens (primary N) is 1. The molecule has 3 nitrogen and oxygen atoms in total. The second kappa shape index (κ2) is 3.67. The highest BCUT2D eigenvalue weighted by atomic mass is 16.1. The van der Waals surface area contributed by atoms with E-state index in [0.717, 1.165) is 11.3 Å². The van der Waals surface area contributed by atoms with Crippen LogP contribution in [0, 0.1) is 6.92 Å². The molecule has 1 rings (SSSR count). The minimum atomic E-state index is -0.449. The maximum atomic E-state index is 10.4. The summed E-state index contributed by atoms with van der Waals surface area (Å²) in [5.74, 6) is -0.449. The molecule has 12 heavy (non-hydrogen) atoms. The van der Waals surface area contributed by atoms with Crippen LogP contribution in [0.4, 0.5) is 0 Å². The van der Waals surface area contributed by atoms with Crippen LogP contribution in [0.1, 0.15) is 11.3 Å². The molecule has 0 aliphatic rings. The Bertz CT molecular complexity index is 301. The number of pyridine rings is 1. The molecule has 0 radical (unpaired) electrons. The summed E-state index contributed by atoms with van der Waals surface area (Å²) < 4.78 is 0. The number of rotatable bonds is 2. The van der Waals surface area contributed by atoms with Crippen LogP contribution in [0.2, 0.25) is 0 Å². The molecule has 3 heteroatoms. The lowest BCUT2D eigenvalue weighted by molar-refractivity contribution is -0.113. The first-order valence-corrected chi connectivity index (χ1v) is 3.58. The lowest BCUT2D eigenvalue weighted by atomic mass is 10.2. The summed E-state index contributed by atoms with van der Waals surface area (Å²) in [6.45, 7) is 1.90. The molecule has 0 aliphatic heterocycles. The van der Waals surface area contributed by atoms with Gasteiger partial charge in [-0.3, -0.25) is 9.78 Å². The SMILES string of the molecule is Cc1ccc(C=CC(N)=O)cn1. The minimum absolute atomic E-state index is 0.449. The lowest BCUT2D eigenvalue weighted by Gasteiger charge is -1.92. The predicted octanol–water partition coefficient (Wildman–Crippen LogP) is 0.889. The van der Waals surface area contributed by atoms with Gasteiger partial charge in [0, 0.05) is 18.0 Å². The molecule has 1 amide bonds. The highest BCUT2D eigenvalue weighted by Gasteiger charge is 1.88. The van der Waals surface area contributed by atoms with Crippen molar-refractivity contribution in [1.82, 2.24) is 4.98 Å². The van der Waals surface area contributed by atoms with E-state index in [9.17, 15) is 4.79 Å². The topological polar surface area (TPSA) is 56.0 Å². The zero-order valence-electron chi connectivity index (χ0n) is 6.82. The van der Waals surface area contributed by atoms with Gasteiger partial charge in [-0.15, -0.1) is 0 Å². The highest BCUT2D eigenvalue weighted by Crippen LogP contribution is 2.00. The van der Waals surface area contributed by atoms with Crippen molar-refractivity contribution in [3.63, 3.8) is 0 Å². The first-order valence-electron chi connectivity index (χ1n) is 3.58. The van der Waals surface area contributed by atoms with E-state index in [1.54, 1.807) is 12.3 Å². The van der Waals surface area contributed by atoms with Crippen molar-refractivity contribution in [2.45, 2.75) is 6.92 Å². The van der Waals surface area contributed by atoms with Crippen molar-refractivity contribution >= 4 is 12.0 Å². The number of hydrogen-bond donors (Lipinski definition) is 1. The maximum absolute atomic E-state index is 10.4.